The zero-order valence-corrected chi connectivity index (χ0v) is 15.3. The van der Waals surface area contributed by atoms with E-state index in [1.54, 1.807) is 6.92 Å². The lowest BCUT2D eigenvalue weighted by atomic mass is 9.98. The quantitative estimate of drug-likeness (QED) is 0.429. The molecule has 8 heteroatoms. The number of carbonyl (C=O) groups is 2. The van der Waals surface area contributed by atoms with Crippen molar-refractivity contribution in [3.8, 4) is 11.1 Å². The van der Waals surface area contributed by atoms with Crippen LogP contribution in [-0.4, -0.2) is 36.4 Å². The van der Waals surface area contributed by atoms with Gasteiger partial charge in [-0.2, -0.15) is 0 Å². The van der Waals surface area contributed by atoms with E-state index in [1.165, 1.54) is 0 Å². The van der Waals surface area contributed by atoms with Crippen molar-refractivity contribution < 1.29 is 19.4 Å². The van der Waals surface area contributed by atoms with E-state index >= 15 is 0 Å². The minimum Gasteiger partial charge on any atom is -0.480 e. The molecule has 1 amide bonds. The third-order valence-electron chi connectivity index (χ3n) is 4.88. The van der Waals surface area contributed by atoms with Crippen molar-refractivity contribution in [2.24, 2.45) is 11.0 Å². The van der Waals surface area contributed by atoms with Crippen LogP contribution in [0.2, 0.25) is 0 Å². The fourth-order valence-corrected chi connectivity index (χ4v) is 3.49. The first-order chi connectivity index (χ1) is 13.5. The lowest BCUT2D eigenvalue weighted by Gasteiger charge is -2.20. The molecule has 0 saturated heterocycles. The van der Waals surface area contributed by atoms with Crippen molar-refractivity contribution in [2.45, 2.75) is 18.9 Å². The number of nitrogens with one attached hydrogen (secondary N) is 1. The van der Waals surface area contributed by atoms with Crippen LogP contribution >= 0.6 is 0 Å². The van der Waals surface area contributed by atoms with Gasteiger partial charge in [0.05, 0.1) is 0 Å². The summed E-state index contributed by atoms with van der Waals surface area (Å²) in [5.74, 6) is -1.90. The smallest absolute Gasteiger partial charge is 0.407 e. The molecule has 0 saturated carbocycles. The number of carboxylic acids is 1. The van der Waals surface area contributed by atoms with Crippen molar-refractivity contribution in [3.05, 3.63) is 70.1 Å². The topological polar surface area (TPSA) is 124 Å². The minimum absolute atomic E-state index is 0.0445. The van der Waals surface area contributed by atoms with Gasteiger partial charge in [0.1, 0.15) is 12.6 Å². The van der Waals surface area contributed by atoms with Gasteiger partial charge in [-0.1, -0.05) is 60.6 Å². The molecule has 0 bridgehead atoms. The summed E-state index contributed by atoms with van der Waals surface area (Å²) in [4.78, 5) is 26.3. The fourth-order valence-electron chi connectivity index (χ4n) is 3.49. The van der Waals surface area contributed by atoms with Gasteiger partial charge in [-0.25, -0.2) is 9.59 Å². The molecule has 2 aromatic rings. The van der Waals surface area contributed by atoms with Gasteiger partial charge in [-0.15, -0.1) is 0 Å². The average molecular weight is 380 g/mol. The third kappa shape index (κ3) is 3.92. The summed E-state index contributed by atoms with van der Waals surface area (Å²) in [7, 11) is 0. The maximum atomic E-state index is 12.2. The van der Waals surface area contributed by atoms with Gasteiger partial charge in [-0.05, 0) is 33.7 Å². The summed E-state index contributed by atoms with van der Waals surface area (Å²) in [6, 6.07) is 14.7. The predicted molar refractivity (Wildman–Crippen MR) is 103 cm³/mol. The highest BCUT2D eigenvalue weighted by atomic mass is 16.5. The molecule has 0 aromatic heterocycles. The number of nitrogens with zero attached hydrogens (tertiary/aromatic N) is 3. The molecule has 1 aliphatic rings. The second kappa shape index (κ2) is 8.45. The number of fused-ring (bicyclic) bond motifs is 3. The van der Waals surface area contributed by atoms with Crippen molar-refractivity contribution in [3.63, 3.8) is 0 Å². The molecule has 0 spiro atoms. The summed E-state index contributed by atoms with van der Waals surface area (Å²) in [6.45, 7) is 1.63. The van der Waals surface area contributed by atoms with Gasteiger partial charge in [0.15, 0.2) is 0 Å². The molecule has 0 unspecified atom stereocenters. The molecule has 0 radical (unpaired) electrons. The second-order valence-corrected chi connectivity index (χ2v) is 6.68. The molecular weight excluding hydrogens is 360 g/mol. The number of aliphatic carboxylic acids is 1. The van der Waals surface area contributed by atoms with Crippen LogP contribution in [0.5, 0.6) is 0 Å². The number of azide groups is 1. The highest BCUT2D eigenvalue weighted by Crippen LogP contribution is 2.44. The van der Waals surface area contributed by atoms with Crippen LogP contribution in [0.4, 0.5) is 4.79 Å². The molecule has 8 nitrogen and oxygen atoms in total. The maximum Gasteiger partial charge on any atom is 0.407 e. The first-order valence-corrected chi connectivity index (χ1v) is 8.88. The molecular formula is C20H20N4O4. The summed E-state index contributed by atoms with van der Waals surface area (Å²) < 4.78 is 5.36. The van der Waals surface area contributed by atoms with Gasteiger partial charge in [0, 0.05) is 17.4 Å². The number of alkyl carbamates (subject to hydrolysis) is 1. The summed E-state index contributed by atoms with van der Waals surface area (Å²) in [6.07, 6.45) is -0.818. The summed E-state index contributed by atoms with van der Waals surface area (Å²) in [5.41, 5.74) is 12.7. The molecule has 2 atom stereocenters. The van der Waals surface area contributed by atoms with E-state index in [-0.39, 0.29) is 19.1 Å². The Hall–Kier alpha value is -3.51. The molecule has 2 aromatic carbocycles. The van der Waals surface area contributed by atoms with Crippen LogP contribution in [0.1, 0.15) is 24.0 Å². The Bertz CT molecular complexity index is 894. The zero-order chi connectivity index (χ0) is 20.1. The highest BCUT2D eigenvalue weighted by Gasteiger charge is 2.30. The molecule has 1 aliphatic carbocycles. The van der Waals surface area contributed by atoms with Crippen molar-refractivity contribution in [2.75, 3.05) is 13.2 Å². The van der Waals surface area contributed by atoms with Crippen LogP contribution in [0, 0.1) is 5.92 Å². The van der Waals surface area contributed by atoms with Crippen LogP contribution in [0.25, 0.3) is 21.6 Å². The maximum absolute atomic E-state index is 12.2. The fraction of sp³-hybridized carbons (Fsp3) is 0.300. The molecule has 0 fully saturated rings. The SMILES string of the molecule is C[C@@H](CN=[N+]=[N-])[C@@H](NC(=O)OCC1c2ccccc2-c2ccccc21)C(=O)O. The van der Waals surface area contributed by atoms with E-state index < -0.39 is 24.0 Å². The number of benzene rings is 2. The number of carboxylic acid groups (broad SMARTS) is 1. The Balaban J connectivity index is 1.69. The second-order valence-electron chi connectivity index (χ2n) is 6.68. The van der Waals surface area contributed by atoms with Gasteiger partial charge >= 0.3 is 12.1 Å². The number of rotatable bonds is 7. The molecule has 28 heavy (non-hydrogen) atoms. The van der Waals surface area contributed by atoms with Crippen LogP contribution < -0.4 is 5.32 Å². The van der Waals surface area contributed by atoms with Crippen molar-refractivity contribution in [1.29, 1.82) is 0 Å². The van der Waals surface area contributed by atoms with Crippen molar-refractivity contribution >= 4 is 12.1 Å². The number of carbonyl (C=O) groups excluding carboxylic acids is 1. The number of ether oxygens (including phenoxy) is 1. The lowest BCUT2D eigenvalue weighted by Crippen LogP contribution is -2.46. The monoisotopic (exact) mass is 380 g/mol. The summed E-state index contributed by atoms with van der Waals surface area (Å²) >= 11 is 0. The van der Waals surface area contributed by atoms with Crippen molar-refractivity contribution in [1.82, 2.24) is 5.32 Å². The van der Waals surface area contributed by atoms with E-state index in [1.807, 2.05) is 48.5 Å². The normalized spacial score (nSPS) is 14.2. The van der Waals surface area contributed by atoms with E-state index in [4.69, 9.17) is 10.3 Å². The predicted octanol–water partition coefficient (Wildman–Crippen LogP) is 3.92. The number of amides is 1. The lowest BCUT2D eigenvalue weighted by molar-refractivity contribution is -0.140. The first kappa shape index (κ1) is 19.3. The molecule has 144 valence electrons. The van der Waals surface area contributed by atoms with E-state index in [2.05, 4.69) is 15.3 Å². The van der Waals surface area contributed by atoms with E-state index in [0.717, 1.165) is 22.3 Å². The molecule has 3 rings (SSSR count). The standard InChI is InChI=1S/C20H20N4O4/c1-12(10-22-24-21)18(19(25)26)23-20(27)28-11-17-15-8-4-2-6-13(15)14-7-3-5-9-16(14)17/h2-9,12,17-18H,10-11H2,1H3,(H,23,27)(H,25,26)/t12-,18+/m0/s1. The van der Waals surface area contributed by atoms with Crippen LogP contribution in [0.15, 0.2) is 53.6 Å². The third-order valence-corrected chi connectivity index (χ3v) is 4.88. The van der Waals surface area contributed by atoms with Gasteiger partial charge in [0.2, 0.25) is 0 Å². The van der Waals surface area contributed by atoms with E-state index in [9.17, 15) is 14.7 Å². The van der Waals surface area contributed by atoms with Crippen LogP contribution in [-0.2, 0) is 9.53 Å². The Morgan fingerprint density at radius 1 is 1.18 bits per heavy atom. The average Bonchev–Trinajstić information content (AvgIpc) is 3.02. The number of hydrogen-bond donors (Lipinski definition) is 2. The molecule has 0 heterocycles. The van der Waals surface area contributed by atoms with Gasteiger partial charge < -0.3 is 15.2 Å². The highest BCUT2D eigenvalue weighted by molar-refractivity contribution is 5.81. The number of hydrogen-bond acceptors (Lipinski definition) is 4. The van der Waals surface area contributed by atoms with Gasteiger partial charge in [-0.3, -0.25) is 0 Å². The Labute approximate surface area is 161 Å². The molecule has 0 aliphatic heterocycles. The minimum atomic E-state index is -1.21. The molecule has 2 N–H and O–H groups in total. The summed E-state index contributed by atoms with van der Waals surface area (Å²) in [5, 5.41) is 15.0. The Kier molecular flexibility index (Phi) is 5.81. The van der Waals surface area contributed by atoms with E-state index in [0.29, 0.717) is 0 Å². The van der Waals surface area contributed by atoms with Gasteiger partial charge in [0.25, 0.3) is 0 Å². The largest absolute Gasteiger partial charge is 0.480 e. The Morgan fingerprint density at radius 3 is 2.29 bits per heavy atom. The zero-order valence-electron chi connectivity index (χ0n) is 15.3. The van der Waals surface area contributed by atoms with Crippen LogP contribution in [0.3, 0.4) is 0 Å². The first-order valence-electron chi connectivity index (χ1n) is 8.88. The Morgan fingerprint density at radius 2 is 1.75 bits per heavy atom.